The van der Waals surface area contributed by atoms with Gasteiger partial charge >= 0.3 is 12.6 Å². The van der Waals surface area contributed by atoms with Crippen molar-refractivity contribution in [3.8, 4) is 17.1 Å². The second-order valence-corrected chi connectivity index (χ2v) is 5.67. The first-order valence-corrected chi connectivity index (χ1v) is 8.22. The molecule has 3 aromatic rings. The van der Waals surface area contributed by atoms with Gasteiger partial charge in [0.1, 0.15) is 17.4 Å². The van der Waals surface area contributed by atoms with E-state index in [0.717, 1.165) is 5.56 Å². The van der Waals surface area contributed by atoms with Crippen LogP contribution in [0.2, 0.25) is 0 Å². The summed E-state index contributed by atoms with van der Waals surface area (Å²) in [5.41, 5.74) is 1.36. The summed E-state index contributed by atoms with van der Waals surface area (Å²) in [6, 6.07) is 11.2. The van der Waals surface area contributed by atoms with Crippen LogP contribution in [0, 0.1) is 5.82 Å². The molecule has 2 aromatic carbocycles. The zero-order valence-corrected chi connectivity index (χ0v) is 14.5. The Hall–Kier alpha value is -3.56. The highest BCUT2D eigenvalue weighted by molar-refractivity contribution is 5.73. The summed E-state index contributed by atoms with van der Waals surface area (Å²) in [4.78, 5) is 16.1. The number of aromatic amines is 1. The number of amides is 2. The second kappa shape index (κ2) is 8.89. The Morgan fingerprint density at radius 3 is 2.39 bits per heavy atom. The van der Waals surface area contributed by atoms with Crippen LogP contribution in [0.1, 0.15) is 11.4 Å². The fourth-order valence-corrected chi connectivity index (χ4v) is 2.30. The van der Waals surface area contributed by atoms with Crippen LogP contribution in [0.25, 0.3) is 11.4 Å². The summed E-state index contributed by atoms with van der Waals surface area (Å²) < 4.78 is 41.4. The van der Waals surface area contributed by atoms with Crippen molar-refractivity contribution in [2.45, 2.75) is 19.7 Å². The van der Waals surface area contributed by atoms with Gasteiger partial charge in [-0.05, 0) is 42.0 Å². The van der Waals surface area contributed by atoms with E-state index in [-0.39, 0.29) is 24.7 Å². The molecule has 0 aliphatic carbocycles. The Labute approximate surface area is 157 Å². The zero-order chi connectivity index (χ0) is 19.9. The molecule has 28 heavy (non-hydrogen) atoms. The number of hydrogen-bond donors (Lipinski definition) is 3. The van der Waals surface area contributed by atoms with E-state index in [9.17, 15) is 18.0 Å². The lowest BCUT2D eigenvalue weighted by molar-refractivity contribution is -0.0498. The molecule has 0 fully saturated rings. The number of carbonyl (C=O) groups is 1. The molecule has 2 amide bonds. The SMILES string of the molecule is O=C(NCc1ccc(OC(F)F)cc1)NCc1nc(-c2ccc(F)cc2)n[nH]1. The third-order valence-electron chi connectivity index (χ3n) is 3.65. The van der Waals surface area contributed by atoms with Crippen LogP contribution in [0.15, 0.2) is 48.5 Å². The smallest absolute Gasteiger partial charge is 0.387 e. The fourth-order valence-electron chi connectivity index (χ4n) is 2.30. The first-order valence-electron chi connectivity index (χ1n) is 8.22. The van der Waals surface area contributed by atoms with Gasteiger partial charge in [0.15, 0.2) is 5.82 Å². The summed E-state index contributed by atoms with van der Waals surface area (Å²) >= 11 is 0. The van der Waals surface area contributed by atoms with E-state index in [2.05, 4.69) is 30.6 Å². The quantitative estimate of drug-likeness (QED) is 0.577. The number of nitrogens with one attached hydrogen (secondary N) is 3. The van der Waals surface area contributed by atoms with E-state index >= 15 is 0 Å². The van der Waals surface area contributed by atoms with E-state index in [4.69, 9.17) is 0 Å². The van der Waals surface area contributed by atoms with E-state index in [1.54, 1.807) is 24.3 Å². The molecule has 1 aromatic heterocycles. The van der Waals surface area contributed by atoms with Crippen LogP contribution in [0.3, 0.4) is 0 Å². The maximum Gasteiger partial charge on any atom is 0.387 e. The first kappa shape index (κ1) is 19.2. The van der Waals surface area contributed by atoms with E-state index in [1.807, 2.05) is 0 Å². The summed E-state index contributed by atoms with van der Waals surface area (Å²) in [5, 5.41) is 12.0. The fraction of sp³-hybridized carbons (Fsp3) is 0.167. The van der Waals surface area contributed by atoms with Crippen LogP contribution < -0.4 is 15.4 Å². The molecule has 146 valence electrons. The average Bonchev–Trinajstić information content (AvgIpc) is 3.15. The number of carbonyl (C=O) groups excluding carboxylic acids is 1. The number of aromatic nitrogens is 3. The highest BCUT2D eigenvalue weighted by Crippen LogP contribution is 2.15. The van der Waals surface area contributed by atoms with Gasteiger partial charge in [-0.1, -0.05) is 12.1 Å². The lowest BCUT2D eigenvalue weighted by atomic mass is 10.2. The third-order valence-corrected chi connectivity index (χ3v) is 3.65. The standard InChI is InChI=1S/C18H16F3N5O2/c19-13-5-3-12(4-6-13)16-24-15(25-26-16)10-23-18(27)22-9-11-1-7-14(8-2-11)28-17(20)21/h1-8,17H,9-10H2,(H2,22,23,27)(H,24,25,26). The number of benzene rings is 2. The Bertz CT molecular complexity index is 914. The summed E-state index contributed by atoms with van der Waals surface area (Å²) in [6.07, 6.45) is 0. The Morgan fingerprint density at radius 1 is 1.04 bits per heavy atom. The Kier molecular flexibility index (Phi) is 6.10. The zero-order valence-electron chi connectivity index (χ0n) is 14.5. The summed E-state index contributed by atoms with van der Waals surface area (Å²) in [5.74, 6) is 0.519. The highest BCUT2D eigenvalue weighted by atomic mass is 19.3. The molecule has 7 nitrogen and oxygen atoms in total. The maximum atomic E-state index is 12.9. The molecule has 0 saturated heterocycles. The van der Waals surface area contributed by atoms with E-state index in [1.165, 1.54) is 24.3 Å². The molecule has 0 aliphatic rings. The molecule has 0 saturated carbocycles. The number of H-pyrrole nitrogens is 1. The molecule has 0 atom stereocenters. The van der Waals surface area contributed by atoms with Crippen LogP contribution >= 0.6 is 0 Å². The van der Waals surface area contributed by atoms with Crippen LogP contribution in [-0.4, -0.2) is 27.8 Å². The van der Waals surface area contributed by atoms with Crippen LogP contribution in [-0.2, 0) is 13.1 Å². The highest BCUT2D eigenvalue weighted by Gasteiger charge is 2.08. The van der Waals surface area contributed by atoms with Crippen molar-refractivity contribution < 1.29 is 22.7 Å². The predicted octanol–water partition coefficient (Wildman–Crippen LogP) is 3.21. The lowest BCUT2D eigenvalue weighted by Crippen LogP contribution is -2.34. The molecule has 0 bridgehead atoms. The van der Waals surface area contributed by atoms with Crippen molar-refractivity contribution in [2.75, 3.05) is 0 Å². The number of alkyl halides is 2. The monoisotopic (exact) mass is 391 g/mol. The van der Waals surface area contributed by atoms with E-state index in [0.29, 0.717) is 17.2 Å². The van der Waals surface area contributed by atoms with Crippen molar-refractivity contribution in [1.82, 2.24) is 25.8 Å². The van der Waals surface area contributed by atoms with Gasteiger partial charge in [0.25, 0.3) is 0 Å². The van der Waals surface area contributed by atoms with Crippen molar-refractivity contribution in [3.05, 3.63) is 65.7 Å². The third kappa shape index (κ3) is 5.47. The van der Waals surface area contributed by atoms with Crippen molar-refractivity contribution >= 4 is 6.03 Å². The molecular weight excluding hydrogens is 375 g/mol. The number of nitrogens with zero attached hydrogens (tertiary/aromatic N) is 2. The second-order valence-electron chi connectivity index (χ2n) is 5.67. The maximum absolute atomic E-state index is 12.9. The van der Waals surface area contributed by atoms with Crippen molar-refractivity contribution in [1.29, 1.82) is 0 Å². The molecule has 10 heteroatoms. The van der Waals surface area contributed by atoms with Gasteiger partial charge in [0, 0.05) is 12.1 Å². The molecule has 0 radical (unpaired) electrons. The van der Waals surface area contributed by atoms with Crippen molar-refractivity contribution in [2.24, 2.45) is 0 Å². The lowest BCUT2D eigenvalue weighted by Gasteiger charge is -2.08. The molecule has 0 unspecified atom stereocenters. The van der Waals surface area contributed by atoms with Crippen LogP contribution in [0.4, 0.5) is 18.0 Å². The number of rotatable bonds is 7. The van der Waals surface area contributed by atoms with Crippen molar-refractivity contribution in [3.63, 3.8) is 0 Å². The van der Waals surface area contributed by atoms with E-state index < -0.39 is 12.6 Å². The van der Waals surface area contributed by atoms with Gasteiger partial charge in [-0.3, -0.25) is 5.10 Å². The predicted molar refractivity (Wildman–Crippen MR) is 93.9 cm³/mol. The summed E-state index contributed by atoms with van der Waals surface area (Å²) in [6.45, 7) is -2.56. The van der Waals surface area contributed by atoms with Gasteiger partial charge < -0.3 is 15.4 Å². The van der Waals surface area contributed by atoms with Crippen LogP contribution in [0.5, 0.6) is 5.75 Å². The average molecular weight is 391 g/mol. The molecule has 3 N–H and O–H groups in total. The minimum Gasteiger partial charge on any atom is -0.435 e. The Balaban J connectivity index is 1.45. The summed E-state index contributed by atoms with van der Waals surface area (Å²) in [7, 11) is 0. The normalized spacial score (nSPS) is 10.7. The Morgan fingerprint density at radius 2 is 1.71 bits per heavy atom. The molecule has 0 spiro atoms. The van der Waals surface area contributed by atoms with Gasteiger partial charge in [-0.15, -0.1) is 0 Å². The van der Waals surface area contributed by atoms with Gasteiger partial charge in [-0.25, -0.2) is 14.2 Å². The number of hydrogen-bond acceptors (Lipinski definition) is 4. The number of ether oxygens (including phenoxy) is 1. The number of urea groups is 1. The number of halogens is 3. The largest absolute Gasteiger partial charge is 0.435 e. The van der Waals surface area contributed by atoms with Gasteiger partial charge in [-0.2, -0.15) is 13.9 Å². The first-order chi connectivity index (χ1) is 13.5. The molecular formula is C18H16F3N5O2. The topological polar surface area (TPSA) is 91.9 Å². The molecule has 3 rings (SSSR count). The van der Waals surface area contributed by atoms with Gasteiger partial charge in [0.05, 0.1) is 6.54 Å². The minimum absolute atomic E-state index is 0.0467. The molecule has 1 heterocycles. The molecule has 0 aliphatic heterocycles. The minimum atomic E-state index is -2.88. The van der Waals surface area contributed by atoms with Gasteiger partial charge in [0.2, 0.25) is 0 Å².